The molecule has 0 amide bonds. The Labute approximate surface area is 186 Å². The van der Waals surface area contributed by atoms with Gasteiger partial charge in [-0.25, -0.2) is 9.37 Å². The second kappa shape index (κ2) is 8.39. The molecule has 5 rings (SSSR count). The smallest absolute Gasteiger partial charge is 0.229 e. The lowest BCUT2D eigenvalue weighted by Crippen LogP contribution is -2.44. The van der Waals surface area contributed by atoms with Crippen molar-refractivity contribution in [3.8, 4) is 0 Å². The van der Waals surface area contributed by atoms with Gasteiger partial charge in [-0.3, -0.25) is 4.79 Å². The number of benzene rings is 2. The van der Waals surface area contributed by atoms with Crippen molar-refractivity contribution in [1.82, 2.24) is 19.9 Å². The lowest BCUT2D eigenvalue weighted by Gasteiger charge is -2.34. The Morgan fingerprint density at radius 2 is 1.81 bits per heavy atom. The van der Waals surface area contributed by atoms with E-state index >= 15 is 0 Å². The van der Waals surface area contributed by atoms with Crippen molar-refractivity contribution in [2.75, 3.05) is 43.4 Å². The number of halogens is 1. The average Bonchev–Trinajstić information content (AvgIpc) is 3.25. The molecule has 1 aliphatic rings. The number of fused-ring (bicyclic) bond motifs is 1. The fourth-order valence-corrected chi connectivity index (χ4v) is 3.79. The van der Waals surface area contributed by atoms with Crippen molar-refractivity contribution in [3.63, 3.8) is 0 Å². The number of hydrogen-bond acceptors (Lipinski definition) is 6. The molecule has 2 N–H and O–H groups in total. The lowest BCUT2D eigenvalue weighted by atomic mass is 10.0. The molecule has 1 fully saturated rings. The van der Waals surface area contributed by atoms with Gasteiger partial charge in [0.1, 0.15) is 11.5 Å². The average molecular weight is 431 g/mol. The maximum atomic E-state index is 13.2. The van der Waals surface area contributed by atoms with E-state index in [-0.39, 0.29) is 23.5 Å². The standard InChI is InChI=1S/C24H23FN6O/c1-30-10-12-31(13-11-30)19-8-6-18(7-9-19)28-24-27-15-21-20(14-26-23(21)29-24)22(32)16-2-4-17(25)5-3-16/h2-9,14-15H,10-13H2,1H3,(H2,26,27,28,29)/i15D. The molecule has 7 nitrogen and oxygen atoms in total. The highest BCUT2D eigenvalue weighted by atomic mass is 19.1. The van der Waals surface area contributed by atoms with Crippen LogP contribution in [0.15, 0.2) is 60.9 Å². The highest BCUT2D eigenvalue weighted by molar-refractivity contribution is 6.15. The summed E-state index contributed by atoms with van der Waals surface area (Å²) in [6, 6.07) is 13.3. The van der Waals surface area contributed by atoms with E-state index in [1.165, 1.54) is 36.1 Å². The minimum absolute atomic E-state index is 0.0664. The van der Waals surface area contributed by atoms with Gasteiger partial charge in [0.25, 0.3) is 0 Å². The summed E-state index contributed by atoms with van der Waals surface area (Å²) >= 11 is 0. The first-order valence-corrected chi connectivity index (χ1v) is 10.4. The number of hydrogen-bond donors (Lipinski definition) is 2. The molecule has 0 saturated carbocycles. The van der Waals surface area contributed by atoms with Gasteiger partial charge < -0.3 is 20.1 Å². The van der Waals surface area contributed by atoms with Crippen LogP contribution in [0.25, 0.3) is 11.0 Å². The Kier molecular flexibility index (Phi) is 4.97. The van der Waals surface area contributed by atoms with Gasteiger partial charge in [0.15, 0.2) is 5.78 Å². The molecule has 2 aromatic heterocycles. The number of aromatic nitrogens is 3. The minimum atomic E-state index is -0.415. The minimum Gasteiger partial charge on any atom is -0.369 e. The molecule has 0 bridgehead atoms. The molecular weight excluding hydrogens is 407 g/mol. The van der Waals surface area contributed by atoms with E-state index in [0.717, 1.165) is 31.9 Å². The zero-order valence-corrected chi connectivity index (χ0v) is 17.6. The van der Waals surface area contributed by atoms with Crippen LogP contribution in [-0.2, 0) is 0 Å². The van der Waals surface area contributed by atoms with Crippen molar-refractivity contribution >= 4 is 34.1 Å². The van der Waals surface area contributed by atoms with Gasteiger partial charge in [-0.2, -0.15) is 4.98 Å². The van der Waals surface area contributed by atoms with Crippen molar-refractivity contribution in [2.24, 2.45) is 0 Å². The Hall–Kier alpha value is -3.78. The fraction of sp³-hybridized carbons (Fsp3) is 0.208. The third-order valence-electron chi connectivity index (χ3n) is 5.69. The fourth-order valence-electron chi connectivity index (χ4n) is 3.79. The monoisotopic (exact) mass is 431 g/mol. The number of nitrogens with one attached hydrogen (secondary N) is 2. The molecule has 2 aromatic carbocycles. The summed E-state index contributed by atoms with van der Waals surface area (Å²) < 4.78 is 21.6. The van der Waals surface area contributed by atoms with Crippen LogP contribution in [0.3, 0.4) is 0 Å². The summed E-state index contributed by atoms with van der Waals surface area (Å²) in [5.41, 5.74) is 2.97. The van der Waals surface area contributed by atoms with Crippen molar-refractivity contribution < 1.29 is 10.6 Å². The number of piperazine rings is 1. The van der Waals surface area contributed by atoms with Crippen molar-refractivity contribution in [1.29, 1.82) is 0 Å². The first kappa shape index (κ1) is 18.9. The normalized spacial score (nSPS) is 15.1. The first-order chi connectivity index (χ1) is 16.0. The summed E-state index contributed by atoms with van der Waals surface area (Å²) in [7, 11) is 2.13. The second-order valence-electron chi connectivity index (χ2n) is 7.88. The predicted octanol–water partition coefficient (Wildman–Crippen LogP) is 3.82. The molecule has 1 aliphatic heterocycles. The van der Waals surface area contributed by atoms with Crippen LogP contribution in [-0.4, -0.2) is 58.9 Å². The topological polar surface area (TPSA) is 77.2 Å². The van der Waals surface area contributed by atoms with E-state index in [1.54, 1.807) is 0 Å². The summed E-state index contributed by atoms with van der Waals surface area (Å²) in [6.45, 7) is 4.08. The van der Waals surface area contributed by atoms with E-state index in [2.05, 4.69) is 49.2 Å². The maximum absolute atomic E-state index is 13.2. The SMILES string of the molecule is [2H]c1nc(Nc2ccc(N3CCN(C)CC3)cc2)nc2[nH]cc(C(=O)c3ccc(F)cc3)c12. The lowest BCUT2D eigenvalue weighted by molar-refractivity contribution is 0.104. The highest BCUT2D eigenvalue weighted by Gasteiger charge is 2.17. The largest absolute Gasteiger partial charge is 0.369 e. The molecule has 0 aliphatic carbocycles. The summed E-state index contributed by atoms with van der Waals surface area (Å²) in [4.78, 5) is 29.1. The maximum Gasteiger partial charge on any atom is 0.229 e. The Morgan fingerprint density at radius 3 is 2.53 bits per heavy atom. The first-order valence-electron chi connectivity index (χ1n) is 10.9. The molecule has 0 atom stereocenters. The number of aromatic amines is 1. The molecule has 0 unspecified atom stereocenters. The zero-order chi connectivity index (χ0) is 22.9. The van der Waals surface area contributed by atoms with Crippen LogP contribution >= 0.6 is 0 Å². The van der Waals surface area contributed by atoms with Gasteiger partial charge >= 0.3 is 0 Å². The summed E-state index contributed by atoms with van der Waals surface area (Å²) in [5, 5.41) is 3.47. The summed E-state index contributed by atoms with van der Waals surface area (Å²) in [5.74, 6) is -0.469. The van der Waals surface area contributed by atoms with E-state index in [0.29, 0.717) is 16.6 Å². The third kappa shape index (κ3) is 4.04. The number of anilines is 3. The van der Waals surface area contributed by atoms with Crippen molar-refractivity contribution in [3.05, 3.63) is 77.8 Å². The Morgan fingerprint density at radius 1 is 1.09 bits per heavy atom. The van der Waals surface area contributed by atoms with Gasteiger partial charge in [-0.15, -0.1) is 0 Å². The van der Waals surface area contributed by atoms with E-state index in [9.17, 15) is 9.18 Å². The van der Waals surface area contributed by atoms with Crippen LogP contribution in [0.2, 0.25) is 0 Å². The van der Waals surface area contributed by atoms with E-state index < -0.39 is 5.82 Å². The number of rotatable bonds is 5. The van der Waals surface area contributed by atoms with Gasteiger partial charge in [0.05, 0.1) is 6.93 Å². The van der Waals surface area contributed by atoms with Gasteiger partial charge in [0, 0.05) is 60.9 Å². The number of ketones is 1. The number of nitrogens with zero attached hydrogens (tertiary/aromatic N) is 4. The summed E-state index contributed by atoms with van der Waals surface area (Å²) in [6.07, 6.45) is 1.45. The number of likely N-dealkylation sites (N-methyl/N-ethyl adjacent to an activating group) is 1. The Bertz CT molecular complexity index is 1300. The molecule has 4 aromatic rings. The number of carbonyl (C=O) groups is 1. The van der Waals surface area contributed by atoms with Gasteiger partial charge in [-0.1, -0.05) is 0 Å². The molecule has 162 valence electrons. The highest BCUT2D eigenvalue weighted by Crippen LogP contribution is 2.24. The quantitative estimate of drug-likeness (QED) is 0.468. The molecule has 0 spiro atoms. The van der Waals surface area contributed by atoms with Gasteiger partial charge in [0.2, 0.25) is 5.95 Å². The van der Waals surface area contributed by atoms with Crippen molar-refractivity contribution in [2.45, 2.75) is 0 Å². The molecule has 1 saturated heterocycles. The van der Waals surface area contributed by atoms with Gasteiger partial charge in [-0.05, 0) is 55.6 Å². The van der Waals surface area contributed by atoms with Crippen LogP contribution in [0, 0.1) is 5.82 Å². The van der Waals surface area contributed by atoms with Crippen LogP contribution in [0.5, 0.6) is 0 Å². The number of H-pyrrole nitrogens is 1. The number of carbonyl (C=O) groups excluding carboxylic acids is 1. The predicted molar refractivity (Wildman–Crippen MR) is 123 cm³/mol. The van der Waals surface area contributed by atoms with Crippen LogP contribution in [0.4, 0.5) is 21.7 Å². The van der Waals surface area contributed by atoms with Crippen LogP contribution < -0.4 is 10.2 Å². The molecule has 32 heavy (non-hydrogen) atoms. The third-order valence-corrected chi connectivity index (χ3v) is 5.69. The second-order valence-corrected chi connectivity index (χ2v) is 7.88. The Balaban J connectivity index is 1.36. The molecule has 3 heterocycles. The molecule has 0 radical (unpaired) electrons. The van der Waals surface area contributed by atoms with E-state index in [1.807, 2.05) is 12.1 Å². The van der Waals surface area contributed by atoms with Crippen LogP contribution in [0.1, 0.15) is 17.3 Å². The zero-order valence-electron chi connectivity index (χ0n) is 18.6. The molecular formula is C24H23FN6O. The molecule has 8 heteroatoms. The van der Waals surface area contributed by atoms with E-state index in [4.69, 9.17) is 1.37 Å².